The highest BCUT2D eigenvalue weighted by atomic mass is 16.5. The number of rotatable bonds is 6. The van der Waals surface area contributed by atoms with Gasteiger partial charge in [0.15, 0.2) is 0 Å². The zero-order valence-electron chi connectivity index (χ0n) is 14.1. The summed E-state index contributed by atoms with van der Waals surface area (Å²) in [5, 5.41) is 0. The van der Waals surface area contributed by atoms with E-state index in [0.29, 0.717) is 24.3 Å². The minimum Gasteiger partial charge on any atom is -0.376 e. The van der Waals surface area contributed by atoms with E-state index < -0.39 is 0 Å². The number of carbonyl (C=O) groups is 1. The van der Waals surface area contributed by atoms with Crippen LogP contribution in [0, 0.1) is 11.8 Å². The molecule has 1 aliphatic heterocycles. The molecule has 126 valence electrons. The molecule has 1 amide bonds. The first-order valence-corrected chi connectivity index (χ1v) is 9.20. The van der Waals surface area contributed by atoms with Crippen molar-refractivity contribution >= 4 is 5.91 Å². The zero-order valence-corrected chi connectivity index (χ0v) is 14.1. The smallest absolute Gasteiger partial charge is 0.222 e. The highest BCUT2D eigenvalue weighted by Gasteiger charge is 2.26. The van der Waals surface area contributed by atoms with Gasteiger partial charge in [-0.2, -0.15) is 0 Å². The van der Waals surface area contributed by atoms with Gasteiger partial charge in [0.2, 0.25) is 5.91 Å². The van der Waals surface area contributed by atoms with Gasteiger partial charge in [0.1, 0.15) is 0 Å². The summed E-state index contributed by atoms with van der Waals surface area (Å²) < 4.78 is 5.86. The van der Waals surface area contributed by atoms with Crippen molar-refractivity contribution in [3.63, 3.8) is 0 Å². The molecule has 0 spiro atoms. The largest absolute Gasteiger partial charge is 0.376 e. The van der Waals surface area contributed by atoms with Crippen LogP contribution < -0.4 is 0 Å². The number of benzene rings is 1. The van der Waals surface area contributed by atoms with Crippen molar-refractivity contribution in [2.75, 3.05) is 19.7 Å². The second-order valence-corrected chi connectivity index (χ2v) is 7.18. The Hall–Kier alpha value is -1.35. The van der Waals surface area contributed by atoms with E-state index in [2.05, 4.69) is 17.0 Å². The Labute approximate surface area is 140 Å². The third kappa shape index (κ3) is 5.07. The fraction of sp³-hybridized carbons (Fsp3) is 0.650. The molecule has 1 aromatic rings. The average Bonchev–Trinajstić information content (AvgIpc) is 3.09. The first kappa shape index (κ1) is 16.5. The normalized spacial score (nSPS) is 20.1. The summed E-state index contributed by atoms with van der Waals surface area (Å²) >= 11 is 0. The maximum atomic E-state index is 12.4. The highest BCUT2D eigenvalue weighted by molar-refractivity contribution is 5.76. The molecule has 1 heterocycles. The first-order chi connectivity index (χ1) is 11.3. The highest BCUT2D eigenvalue weighted by Crippen LogP contribution is 2.29. The lowest BCUT2D eigenvalue weighted by Gasteiger charge is -2.32. The van der Waals surface area contributed by atoms with Crippen LogP contribution in [0.15, 0.2) is 30.3 Å². The predicted molar refractivity (Wildman–Crippen MR) is 92.0 cm³/mol. The molecule has 0 aromatic heterocycles. The Morgan fingerprint density at radius 1 is 1.00 bits per heavy atom. The van der Waals surface area contributed by atoms with Crippen molar-refractivity contribution < 1.29 is 9.53 Å². The van der Waals surface area contributed by atoms with Crippen LogP contribution in [0.5, 0.6) is 0 Å². The van der Waals surface area contributed by atoms with Crippen LogP contribution in [0.1, 0.15) is 50.5 Å². The van der Waals surface area contributed by atoms with Crippen molar-refractivity contribution in [3.8, 4) is 0 Å². The van der Waals surface area contributed by atoms with E-state index in [9.17, 15) is 4.79 Å². The molecule has 2 aliphatic rings. The lowest BCUT2D eigenvalue weighted by Crippen LogP contribution is -2.40. The Balaban J connectivity index is 1.32. The number of ether oxygens (including phenoxy) is 1. The van der Waals surface area contributed by atoms with Gasteiger partial charge in [-0.25, -0.2) is 0 Å². The Bertz CT molecular complexity index is 474. The van der Waals surface area contributed by atoms with E-state index >= 15 is 0 Å². The Morgan fingerprint density at radius 3 is 2.39 bits per heavy atom. The average molecular weight is 315 g/mol. The molecule has 23 heavy (non-hydrogen) atoms. The fourth-order valence-electron chi connectivity index (χ4n) is 3.86. The number of piperidine rings is 1. The predicted octanol–water partition coefficient (Wildman–Crippen LogP) is 4.02. The van der Waals surface area contributed by atoms with E-state index in [0.717, 1.165) is 39.0 Å². The fourth-order valence-corrected chi connectivity index (χ4v) is 3.86. The SMILES string of the molecule is O=C(CC1CCCC1)N1CCC(COCc2ccccc2)CC1. The van der Waals surface area contributed by atoms with Gasteiger partial charge >= 0.3 is 0 Å². The van der Waals surface area contributed by atoms with Gasteiger partial charge in [0, 0.05) is 26.1 Å². The molecule has 0 unspecified atom stereocenters. The summed E-state index contributed by atoms with van der Waals surface area (Å²) in [6.45, 7) is 3.36. The number of hydrogen-bond acceptors (Lipinski definition) is 2. The summed E-state index contributed by atoms with van der Waals surface area (Å²) in [6, 6.07) is 10.3. The quantitative estimate of drug-likeness (QED) is 0.793. The van der Waals surface area contributed by atoms with Crippen LogP contribution in [0.4, 0.5) is 0 Å². The van der Waals surface area contributed by atoms with Gasteiger partial charge in [-0.05, 0) is 43.1 Å². The minimum atomic E-state index is 0.389. The van der Waals surface area contributed by atoms with Crippen molar-refractivity contribution in [2.45, 2.75) is 51.6 Å². The van der Waals surface area contributed by atoms with Crippen molar-refractivity contribution in [1.29, 1.82) is 0 Å². The summed E-state index contributed by atoms with van der Waals surface area (Å²) in [6.07, 6.45) is 8.12. The molecular formula is C20H29NO2. The molecular weight excluding hydrogens is 286 g/mol. The lowest BCUT2D eigenvalue weighted by molar-refractivity contribution is -0.133. The molecule has 3 nitrogen and oxygen atoms in total. The Kier molecular flexibility index (Phi) is 6.09. The van der Waals surface area contributed by atoms with Gasteiger partial charge in [0.05, 0.1) is 6.61 Å². The zero-order chi connectivity index (χ0) is 15.9. The second-order valence-electron chi connectivity index (χ2n) is 7.18. The molecule has 0 radical (unpaired) electrons. The van der Waals surface area contributed by atoms with Crippen molar-refractivity contribution in [3.05, 3.63) is 35.9 Å². The van der Waals surface area contributed by atoms with Gasteiger partial charge in [-0.3, -0.25) is 4.79 Å². The maximum absolute atomic E-state index is 12.4. The molecule has 1 aliphatic carbocycles. The number of amides is 1. The number of hydrogen-bond donors (Lipinski definition) is 0. The second kappa shape index (κ2) is 8.49. The molecule has 0 bridgehead atoms. The topological polar surface area (TPSA) is 29.5 Å². The Morgan fingerprint density at radius 2 is 1.70 bits per heavy atom. The molecule has 1 saturated carbocycles. The standard InChI is InChI=1S/C20H29NO2/c22-20(14-17-6-4-5-7-17)21-12-10-19(11-13-21)16-23-15-18-8-2-1-3-9-18/h1-3,8-9,17,19H,4-7,10-16H2. The van der Waals surface area contributed by atoms with Crippen molar-refractivity contribution in [2.24, 2.45) is 11.8 Å². The number of likely N-dealkylation sites (tertiary alicyclic amines) is 1. The number of carbonyl (C=O) groups excluding carboxylic acids is 1. The van der Waals surface area contributed by atoms with Crippen LogP contribution in [0.2, 0.25) is 0 Å². The number of nitrogens with zero attached hydrogens (tertiary/aromatic N) is 1. The summed E-state index contributed by atoms with van der Waals surface area (Å²) in [7, 11) is 0. The van der Waals surface area contributed by atoms with Crippen LogP contribution in [-0.4, -0.2) is 30.5 Å². The van der Waals surface area contributed by atoms with E-state index in [1.165, 1.54) is 31.2 Å². The molecule has 3 heteroatoms. The van der Waals surface area contributed by atoms with Gasteiger partial charge < -0.3 is 9.64 Å². The summed E-state index contributed by atoms with van der Waals surface area (Å²) in [5.74, 6) is 1.66. The van der Waals surface area contributed by atoms with Crippen LogP contribution in [0.3, 0.4) is 0 Å². The van der Waals surface area contributed by atoms with Crippen LogP contribution in [0.25, 0.3) is 0 Å². The van der Waals surface area contributed by atoms with Crippen molar-refractivity contribution in [1.82, 2.24) is 4.90 Å². The van der Waals surface area contributed by atoms with E-state index in [-0.39, 0.29) is 0 Å². The van der Waals surface area contributed by atoms with Gasteiger partial charge in [0.25, 0.3) is 0 Å². The molecule has 0 atom stereocenters. The third-order valence-electron chi connectivity index (χ3n) is 5.37. The van der Waals surface area contributed by atoms with Crippen LogP contribution >= 0.6 is 0 Å². The lowest BCUT2D eigenvalue weighted by atomic mass is 9.96. The summed E-state index contributed by atoms with van der Waals surface area (Å²) in [4.78, 5) is 14.4. The molecule has 2 fully saturated rings. The summed E-state index contributed by atoms with van der Waals surface area (Å²) in [5.41, 5.74) is 1.23. The molecule has 0 N–H and O–H groups in total. The monoisotopic (exact) mass is 315 g/mol. The van der Waals surface area contributed by atoms with Gasteiger partial charge in [-0.1, -0.05) is 43.2 Å². The molecule has 3 rings (SSSR count). The van der Waals surface area contributed by atoms with Gasteiger partial charge in [-0.15, -0.1) is 0 Å². The minimum absolute atomic E-state index is 0.389. The first-order valence-electron chi connectivity index (χ1n) is 9.20. The maximum Gasteiger partial charge on any atom is 0.222 e. The van der Waals surface area contributed by atoms with E-state index in [4.69, 9.17) is 4.74 Å². The molecule has 1 aromatic carbocycles. The van der Waals surface area contributed by atoms with Crippen LogP contribution in [-0.2, 0) is 16.1 Å². The van der Waals surface area contributed by atoms with E-state index in [1.54, 1.807) is 0 Å². The molecule has 1 saturated heterocycles. The third-order valence-corrected chi connectivity index (χ3v) is 5.37. The van der Waals surface area contributed by atoms with E-state index in [1.807, 2.05) is 18.2 Å².